The number of carbonyl (C=O) groups excluding carboxylic acids is 2. The molecule has 27 heavy (non-hydrogen) atoms. The molecule has 0 aliphatic carbocycles. The molecule has 1 atom stereocenters. The lowest BCUT2D eigenvalue weighted by atomic mass is 9.77. The van der Waals surface area contributed by atoms with E-state index in [0.29, 0.717) is 38.0 Å². The monoisotopic (exact) mass is 374 g/mol. The normalized spacial score (nSPS) is 21.6. The number of aliphatic carboxylic acids is 1. The highest BCUT2D eigenvalue weighted by Gasteiger charge is 2.55. The molecule has 0 bridgehead atoms. The first-order valence-corrected chi connectivity index (χ1v) is 9.26. The minimum Gasteiger partial charge on any atom is -0.481 e. The van der Waals surface area contributed by atoms with Gasteiger partial charge in [0, 0.05) is 46.3 Å². The highest BCUT2D eigenvalue weighted by Crippen LogP contribution is 2.43. The molecule has 146 valence electrons. The third kappa shape index (κ3) is 3.24. The highest BCUT2D eigenvalue weighted by molar-refractivity contribution is 5.94. The van der Waals surface area contributed by atoms with E-state index in [1.165, 1.54) is 0 Å². The second kappa shape index (κ2) is 7.17. The largest absolute Gasteiger partial charge is 0.481 e. The second-order valence-electron chi connectivity index (χ2n) is 7.36. The molecule has 2 fully saturated rings. The van der Waals surface area contributed by atoms with E-state index in [1.807, 2.05) is 13.0 Å². The van der Waals surface area contributed by atoms with E-state index in [-0.39, 0.29) is 18.2 Å². The molecule has 1 spiro atoms. The van der Waals surface area contributed by atoms with Gasteiger partial charge in [0.25, 0.3) is 5.91 Å². The van der Waals surface area contributed by atoms with Gasteiger partial charge in [-0.2, -0.15) is 0 Å². The van der Waals surface area contributed by atoms with Crippen LogP contribution in [0.2, 0.25) is 0 Å². The highest BCUT2D eigenvalue weighted by atomic mass is 16.4. The average molecular weight is 374 g/mol. The molecule has 2 saturated heterocycles. The molecular formula is C19H26N4O4. The fourth-order valence-electron chi connectivity index (χ4n) is 4.17. The van der Waals surface area contributed by atoms with Gasteiger partial charge in [-0.1, -0.05) is 0 Å². The lowest BCUT2D eigenvalue weighted by Crippen LogP contribution is -2.56. The number of carboxylic acids is 1. The number of rotatable bonds is 4. The van der Waals surface area contributed by atoms with E-state index in [9.17, 15) is 19.5 Å². The van der Waals surface area contributed by atoms with Crippen LogP contribution < -0.4 is 4.90 Å². The van der Waals surface area contributed by atoms with Crippen LogP contribution in [-0.4, -0.2) is 76.9 Å². The summed E-state index contributed by atoms with van der Waals surface area (Å²) in [4.78, 5) is 45.7. The third-order valence-electron chi connectivity index (χ3n) is 6.14. The third-order valence-corrected chi connectivity index (χ3v) is 6.14. The Morgan fingerprint density at radius 3 is 2.52 bits per heavy atom. The number of aromatic nitrogens is 1. The Balaban J connectivity index is 1.71. The van der Waals surface area contributed by atoms with Crippen LogP contribution >= 0.6 is 0 Å². The molecule has 1 N–H and O–H groups in total. The first kappa shape index (κ1) is 19.1. The molecule has 2 amide bonds. The van der Waals surface area contributed by atoms with Gasteiger partial charge < -0.3 is 19.8 Å². The van der Waals surface area contributed by atoms with Crippen LogP contribution in [0.1, 0.15) is 36.5 Å². The summed E-state index contributed by atoms with van der Waals surface area (Å²) in [5, 5.41) is 9.56. The number of carboxylic acid groups (broad SMARTS) is 1. The Labute approximate surface area is 158 Å². The van der Waals surface area contributed by atoms with Gasteiger partial charge in [0.2, 0.25) is 5.91 Å². The standard InChI is InChI=1S/C19H26N4O4/c1-4-21(2)17(25)13-5-6-15(20-12-13)23-9-7-19(8-10-23)14(18(26)27)11-16(24)22(19)3/h5-6,12,14H,4,7-11H2,1-3H3,(H,26,27). The van der Waals surface area contributed by atoms with Gasteiger partial charge in [0.1, 0.15) is 5.82 Å². The molecule has 3 heterocycles. The summed E-state index contributed by atoms with van der Waals surface area (Å²) in [6.07, 6.45) is 2.84. The van der Waals surface area contributed by atoms with Crippen molar-refractivity contribution in [3.05, 3.63) is 23.9 Å². The molecular weight excluding hydrogens is 348 g/mol. The van der Waals surface area contributed by atoms with Crippen LogP contribution in [-0.2, 0) is 9.59 Å². The van der Waals surface area contributed by atoms with Crippen molar-refractivity contribution in [2.45, 2.75) is 31.7 Å². The van der Waals surface area contributed by atoms with Crippen LogP contribution in [0.4, 0.5) is 5.82 Å². The predicted octanol–water partition coefficient (Wildman–Crippen LogP) is 1.08. The molecule has 1 aromatic heterocycles. The minimum absolute atomic E-state index is 0.0652. The van der Waals surface area contributed by atoms with Crippen molar-refractivity contribution in [3.63, 3.8) is 0 Å². The van der Waals surface area contributed by atoms with Crippen LogP contribution in [0.15, 0.2) is 18.3 Å². The average Bonchev–Trinajstić information content (AvgIpc) is 2.93. The van der Waals surface area contributed by atoms with E-state index in [0.717, 1.165) is 5.82 Å². The van der Waals surface area contributed by atoms with E-state index >= 15 is 0 Å². The molecule has 0 aromatic carbocycles. The van der Waals surface area contributed by atoms with Crippen molar-refractivity contribution in [2.24, 2.45) is 5.92 Å². The Morgan fingerprint density at radius 1 is 1.33 bits per heavy atom. The van der Waals surface area contributed by atoms with Gasteiger partial charge in [-0.05, 0) is 31.9 Å². The zero-order valence-corrected chi connectivity index (χ0v) is 16.0. The second-order valence-corrected chi connectivity index (χ2v) is 7.36. The lowest BCUT2D eigenvalue weighted by Gasteiger charge is -2.45. The molecule has 8 heteroatoms. The summed E-state index contributed by atoms with van der Waals surface area (Å²) in [5.74, 6) is -0.960. The molecule has 2 aliphatic heterocycles. The fourth-order valence-corrected chi connectivity index (χ4v) is 4.17. The van der Waals surface area contributed by atoms with Crippen molar-refractivity contribution in [3.8, 4) is 0 Å². The van der Waals surface area contributed by atoms with Crippen LogP contribution in [0.3, 0.4) is 0 Å². The van der Waals surface area contributed by atoms with E-state index < -0.39 is 17.4 Å². The van der Waals surface area contributed by atoms with E-state index in [2.05, 4.69) is 9.88 Å². The van der Waals surface area contributed by atoms with E-state index in [4.69, 9.17) is 0 Å². The number of nitrogens with zero attached hydrogens (tertiary/aromatic N) is 4. The van der Waals surface area contributed by atoms with Crippen LogP contribution in [0.25, 0.3) is 0 Å². The Kier molecular flexibility index (Phi) is 5.08. The first-order valence-electron chi connectivity index (χ1n) is 9.26. The first-order chi connectivity index (χ1) is 12.8. The fraction of sp³-hybridized carbons (Fsp3) is 0.579. The van der Waals surface area contributed by atoms with Gasteiger partial charge in [-0.15, -0.1) is 0 Å². The summed E-state index contributed by atoms with van der Waals surface area (Å²) in [5.41, 5.74) is -0.0669. The van der Waals surface area contributed by atoms with E-state index in [1.54, 1.807) is 36.2 Å². The molecule has 1 unspecified atom stereocenters. The predicted molar refractivity (Wildman–Crippen MR) is 99.6 cm³/mol. The number of hydrogen-bond acceptors (Lipinski definition) is 5. The summed E-state index contributed by atoms with van der Waals surface area (Å²) in [6.45, 7) is 3.79. The molecule has 3 rings (SSSR count). The van der Waals surface area contributed by atoms with Crippen molar-refractivity contribution < 1.29 is 19.5 Å². The van der Waals surface area contributed by atoms with Crippen molar-refractivity contribution in [1.82, 2.24) is 14.8 Å². The Bertz CT molecular complexity index is 741. The molecule has 8 nitrogen and oxygen atoms in total. The van der Waals surface area contributed by atoms with Crippen molar-refractivity contribution >= 4 is 23.6 Å². The van der Waals surface area contributed by atoms with Crippen molar-refractivity contribution in [2.75, 3.05) is 38.6 Å². The molecule has 2 aliphatic rings. The topological polar surface area (TPSA) is 94.1 Å². The molecule has 0 radical (unpaired) electrons. The summed E-state index contributed by atoms with van der Waals surface area (Å²) >= 11 is 0. The Hall–Kier alpha value is -2.64. The zero-order chi connectivity index (χ0) is 19.8. The number of anilines is 1. The molecule has 0 saturated carbocycles. The number of piperidine rings is 1. The van der Waals surface area contributed by atoms with Gasteiger partial charge >= 0.3 is 5.97 Å². The summed E-state index contributed by atoms with van der Waals surface area (Å²) < 4.78 is 0. The quantitative estimate of drug-likeness (QED) is 0.847. The van der Waals surface area contributed by atoms with Gasteiger partial charge in [0.15, 0.2) is 0 Å². The number of pyridine rings is 1. The van der Waals surface area contributed by atoms with Gasteiger partial charge in [-0.3, -0.25) is 14.4 Å². The maximum Gasteiger partial charge on any atom is 0.309 e. The van der Waals surface area contributed by atoms with Crippen molar-refractivity contribution in [1.29, 1.82) is 0 Å². The SMILES string of the molecule is CCN(C)C(=O)c1ccc(N2CCC3(CC2)C(C(=O)O)CC(=O)N3C)nc1. The number of hydrogen-bond donors (Lipinski definition) is 1. The van der Waals surface area contributed by atoms with Crippen LogP contribution in [0, 0.1) is 5.92 Å². The smallest absolute Gasteiger partial charge is 0.309 e. The summed E-state index contributed by atoms with van der Waals surface area (Å²) in [7, 11) is 3.46. The Morgan fingerprint density at radius 2 is 2.00 bits per heavy atom. The maximum absolute atomic E-state index is 12.2. The summed E-state index contributed by atoms with van der Waals surface area (Å²) in [6, 6.07) is 3.60. The number of amides is 2. The van der Waals surface area contributed by atoms with Gasteiger partial charge in [-0.25, -0.2) is 4.98 Å². The van der Waals surface area contributed by atoms with Gasteiger partial charge in [0.05, 0.1) is 17.0 Å². The van der Waals surface area contributed by atoms with Crippen LogP contribution in [0.5, 0.6) is 0 Å². The molecule has 1 aromatic rings. The number of likely N-dealkylation sites (tertiary alicyclic amines) is 1. The minimum atomic E-state index is -0.901. The zero-order valence-electron chi connectivity index (χ0n) is 16.0. The number of carbonyl (C=O) groups is 3. The maximum atomic E-state index is 12.2. The lowest BCUT2D eigenvalue weighted by molar-refractivity contribution is -0.145.